The Morgan fingerprint density at radius 1 is 1.23 bits per heavy atom. The van der Waals surface area contributed by atoms with E-state index in [2.05, 4.69) is 10.3 Å². The van der Waals surface area contributed by atoms with Crippen LogP contribution in [0, 0.1) is 18.6 Å². The van der Waals surface area contributed by atoms with Crippen molar-refractivity contribution in [3.05, 3.63) is 53.6 Å². The van der Waals surface area contributed by atoms with Crippen LogP contribution in [0.2, 0.25) is 0 Å². The molecule has 0 bridgehead atoms. The Morgan fingerprint density at radius 3 is 2.68 bits per heavy atom. The molecule has 2 rings (SSSR count). The summed E-state index contributed by atoms with van der Waals surface area (Å²) in [6.07, 6.45) is 1.59. The summed E-state index contributed by atoms with van der Waals surface area (Å²) in [5, 5.41) is 3.01. The van der Waals surface area contributed by atoms with Crippen LogP contribution in [0.3, 0.4) is 0 Å². The van der Waals surface area contributed by atoms with Gasteiger partial charge in [0.1, 0.15) is 11.5 Å². The van der Waals surface area contributed by atoms with Crippen LogP contribution < -0.4 is 5.32 Å². The summed E-state index contributed by atoms with van der Waals surface area (Å²) in [7, 11) is 1.87. The molecule has 116 valence electrons. The fourth-order valence-electron chi connectivity index (χ4n) is 1.86. The fourth-order valence-corrected chi connectivity index (χ4v) is 1.86. The second-order valence-electron chi connectivity index (χ2n) is 5.07. The Bertz CT molecular complexity index is 684. The van der Waals surface area contributed by atoms with E-state index in [4.69, 9.17) is 0 Å². The van der Waals surface area contributed by atoms with Crippen LogP contribution in [-0.2, 0) is 0 Å². The minimum Gasteiger partial charge on any atom is -0.366 e. The highest BCUT2D eigenvalue weighted by Gasteiger charge is 2.07. The number of aliphatic imine (C=N–C) groups is 1. The summed E-state index contributed by atoms with van der Waals surface area (Å²) in [5.41, 5.74) is 2.27. The van der Waals surface area contributed by atoms with E-state index >= 15 is 0 Å². The lowest BCUT2D eigenvalue weighted by Gasteiger charge is -2.12. The van der Waals surface area contributed by atoms with Gasteiger partial charge < -0.3 is 10.2 Å². The third-order valence-electron chi connectivity index (χ3n) is 3.29. The molecule has 3 nitrogen and oxygen atoms in total. The smallest absolute Gasteiger partial charge is 0.150 e. The first kappa shape index (κ1) is 15.9. The molecule has 1 N–H and O–H groups in total. The standard InChI is InChI=1S/C17H19F2N3/c1-4-22(3)11-20-17-8-12(2)16(10-15(17)19)21-14-7-5-6-13(18)9-14/h5-11,21H,4H2,1-3H3. The first-order valence-corrected chi connectivity index (χ1v) is 7.06. The van der Waals surface area contributed by atoms with Gasteiger partial charge in [-0.2, -0.15) is 0 Å². The topological polar surface area (TPSA) is 27.6 Å². The Balaban J connectivity index is 2.24. The van der Waals surface area contributed by atoms with Gasteiger partial charge in [0.25, 0.3) is 0 Å². The zero-order valence-corrected chi connectivity index (χ0v) is 12.9. The summed E-state index contributed by atoms with van der Waals surface area (Å²) in [4.78, 5) is 5.99. The number of nitrogens with zero attached hydrogens (tertiary/aromatic N) is 2. The van der Waals surface area contributed by atoms with Crippen molar-refractivity contribution in [3.63, 3.8) is 0 Å². The highest BCUT2D eigenvalue weighted by molar-refractivity contribution is 5.68. The molecular formula is C17H19F2N3. The quantitative estimate of drug-likeness (QED) is 0.644. The minimum atomic E-state index is -0.426. The second-order valence-corrected chi connectivity index (χ2v) is 5.07. The van der Waals surface area contributed by atoms with E-state index in [1.54, 1.807) is 24.5 Å². The van der Waals surface area contributed by atoms with E-state index in [1.165, 1.54) is 18.2 Å². The van der Waals surface area contributed by atoms with Crippen LogP contribution in [0.15, 0.2) is 41.4 Å². The monoisotopic (exact) mass is 303 g/mol. The number of halogens is 2. The Hall–Kier alpha value is -2.43. The zero-order chi connectivity index (χ0) is 16.1. The lowest BCUT2D eigenvalue weighted by molar-refractivity contribution is 0.551. The molecule has 0 aliphatic carbocycles. The molecule has 0 saturated heterocycles. The molecule has 0 aliphatic rings. The molecular weight excluding hydrogens is 284 g/mol. The summed E-state index contributed by atoms with van der Waals surface area (Å²) in [6.45, 7) is 4.63. The molecule has 0 saturated carbocycles. The van der Waals surface area contributed by atoms with E-state index in [9.17, 15) is 8.78 Å². The van der Waals surface area contributed by atoms with Crippen LogP contribution in [0.4, 0.5) is 25.8 Å². The number of hydrogen-bond acceptors (Lipinski definition) is 2. The molecule has 0 radical (unpaired) electrons. The van der Waals surface area contributed by atoms with Crippen molar-refractivity contribution in [1.82, 2.24) is 4.90 Å². The first-order valence-electron chi connectivity index (χ1n) is 7.06. The second kappa shape index (κ2) is 7.02. The van der Waals surface area contributed by atoms with Gasteiger partial charge in [0.05, 0.1) is 6.34 Å². The number of nitrogens with one attached hydrogen (secondary N) is 1. The Kier molecular flexibility index (Phi) is 5.09. The first-order chi connectivity index (χ1) is 10.5. The molecule has 5 heteroatoms. The van der Waals surface area contributed by atoms with Gasteiger partial charge in [-0.25, -0.2) is 13.8 Å². The largest absolute Gasteiger partial charge is 0.366 e. The zero-order valence-electron chi connectivity index (χ0n) is 12.9. The summed E-state index contributed by atoms with van der Waals surface area (Å²) in [5.74, 6) is -0.766. The van der Waals surface area contributed by atoms with Crippen molar-refractivity contribution in [2.75, 3.05) is 18.9 Å². The average molecular weight is 303 g/mol. The van der Waals surface area contributed by atoms with Crippen LogP contribution in [0.1, 0.15) is 12.5 Å². The summed E-state index contributed by atoms with van der Waals surface area (Å²) in [6, 6.07) is 9.08. The third-order valence-corrected chi connectivity index (χ3v) is 3.29. The Morgan fingerprint density at radius 2 is 2.00 bits per heavy atom. The van der Waals surface area contributed by atoms with Crippen molar-refractivity contribution < 1.29 is 8.78 Å². The summed E-state index contributed by atoms with van der Waals surface area (Å²) >= 11 is 0. The predicted octanol–water partition coefficient (Wildman–Crippen LogP) is 4.63. The predicted molar refractivity (Wildman–Crippen MR) is 87.3 cm³/mol. The fraction of sp³-hybridized carbons (Fsp3) is 0.235. The van der Waals surface area contributed by atoms with Gasteiger partial charge in [-0.15, -0.1) is 0 Å². The molecule has 0 spiro atoms. The van der Waals surface area contributed by atoms with Gasteiger partial charge >= 0.3 is 0 Å². The number of benzene rings is 2. The van der Waals surface area contributed by atoms with Gasteiger partial charge in [-0.3, -0.25) is 0 Å². The maximum absolute atomic E-state index is 14.1. The highest BCUT2D eigenvalue weighted by Crippen LogP contribution is 2.28. The van der Waals surface area contributed by atoms with Crippen LogP contribution in [-0.4, -0.2) is 24.8 Å². The number of hydrogen-bond donors (Lipinski definition) is 1. The normalized spacial score (nSPS) is 11.0. The third kappa shape index (κ3) is 4.04. The summed E-state index contributed by atoms with van der Waals surface area (Å²) < 4.78 is 27.3. The van der Waals surface area contributed by atoms with E-state index in [0.29, 0.717) is 11.4 Å². The van der Waals surface area contributed by atoms with Gasteiger partial charge in [-0.05, 0) is 49.7 Å². The van der Waals surface area contributed by atoms with Gasteiger partial charge in [0, 0.05) is 25.0 Å². The maximum atomic E-state index is 14.1. The molecule has 0 unspecified atom stereocenters. The highest BCUT2D eigenvalue weighted by atomic mass is 19.1. The van der Waals surface area contributed by atoms with Gasteiger partial charge in [0.2, 0.25) is 0 Å². The SMILES string of the molecule is CCN(C)C=Nc1cc(C)c(Nc2cccc(F)c2)cc1F. The van der Waals surface area contributed by atoms with E-state index in [-0.39, 0.29) is 11.5 Å². The minimum absolute atomic E-state index is 0.280. The van der Waals surface area contributed by atoms with Crippen LogP contribution >= 0.6 is 0 Å². The molecule has 2 aromatic rings. The number of anilines is 2. The molecule has 22 heavy (non-hydrogen) atoms. The Labute approximate surface area is 129 Å². The molecule has 0 atom stereocenters. The molecule has 0 aromatic heterocycles. The molecule has 2 aromatic carbocycles. The average Bonchev–Trinajstić information content (AvgIpc) is 2.49. The number of rotatable bonds is 5. The number of aryl methyl sites for hydroxylation is 1. The lowest BCUT2D eigenvalue weighted by atomic mass is 10.1. The molecule has 0 fully saturated rings. The van der Waals surface area contributed by atoms with Gasteiger partial charge in [-0.1, -0.05) is 6.07 Å². The van der Waals surface area contributed by atoms with Crippen molar-refractivity contribution in [3.8, 4) is 0 Å². The van der Waals surface area contributed by atoms with Crippen molar-refractivity contribution in [2.45, 2.75) is 13.8 Å². The van der Waals surface area contributed by atoms with Crippen LogP contribution in [0.5, 0.6) is 0 Å². The molecule has 0 heterocycles. The van der Waals surface area contributed by atoms with Crippen molar-refractivity contribution in [1.29, 1.82) is 0 Å². The van der Waals surface area contributed by atoms with E-state index in [1.807, 2.05) is 25.8 Å². The van der Waals surface area contributed by atoms with E-state index < -0.39 is 5.82 Å². The van der Waals surface area contributed by atoms with Crippen molar-refractivity contribution >= 4 is 23.4 Å². The maximum Gasteiger partial charge on any atom is 0.150 e. The van der Waals surface area contributed by atoms with Gasteiger partial charge in [0.15, 0.2) is 5.82 Å². The lowest BCUT2D eigenvalue weighted by Crippen LogP contribution is -2.14. The van der Waals surface area contributed by atoms with Crippen LogP contribution in [0.25, 0.3) is 0 Å². The molecule has 0 amide bonds. The molecule has 0 aliphatic heterocycles. The van der Waals surface area contributed by atoms with Crippen molar-refractivity contribution in [2.24, 2.45) is 4.99 Å². The van der Waals surface area contributed by atoms with E-state index in [0.717, 1.165) is 12.1 Å².